The molecule has 0 spiro atoms. The van der Waals surface area contributed by atoms with Gasteiger partial charge in [-0.15, -0.1) is 0 Å². The van der Waals surface area contributed by atoms with Crippen LogP contribution in [0.25, 0.3) is 5.69 Å². The third kappa shape index (κ3) is 6.16. The summed E-state index contributed by atoms with van der Waals surface area (Å²) in [7, 11) is 1.52. The molecule has 2 heterocycles. The molecule has 0 aliphatic heterocycles. The van der Waals surface area contributed by atoms with Gasteiger partial charge in [-0.05, 0) is 87.0 Å². The Bertz CT molecular complexity index is 1390. The average Bonchev–Trinajstić information content (AvgIpc) is 3.49. The number of benzene rings is 2. The summed E-state index contributed by atoms with van der Waals surface area (Å²) in [5.74, 6) is 1.77. The number of rotatable bonds is 10. The average molecular weight is 522 g/mol. The van der Waals surface area contributed by atoms with E-state index in [1.807, 2.05) is 31.2 Å². The Morgan fingerprint density at radius 3 is 2.46 bits per heavy atom. The van der Waals surface area contributed by atoms with Crippen LogP contribution >= 0.6 is 11.6 Å². The third-order valence-electron chi connectivity index (χ3n) is 5.55. The fourth-order valence-electron chi connectivity index (χ4n) is 3.84. The van der Waals surface area contributed by atoms with Crippen LogP contribution in [-0.2, 0) is 6.61 Å². The number of aryl methyl sites for hydroxylation is 2. The number of amides is 1. The van der Waals surface area contributed by atoms with Crippen molar-refractivity contribution in [2.45, 2.75) is 27.4 Å². The van der Waals surface area contributed by atoms with Crippen LogP contribution in [0.5, 0.6) is 17.2 Å². The molecule has 8 nitrogen and oxygen atoms in total. The molecule has 0 bridgehead atoms. The molecule has 192 valence electrons. The predicted octanol–water partition coefficient (Wildman–Crippen LogP) is 6.09. The monoisotopic (exact) mass is 521 g/mol. The molecule has 1 amide bonds. The molecule has 0 aliphatic carbocycles. The Morgan fingerprint density at radius 1 is 1.05 bits per heavy atom. The SMILES string of the molecule is CCOc1cc(/C=N/NC(=O)c2ccc(COc3ccc(-n4c(C)ccc4C)cc3)o2)cc(Cl)c1OC. The Morgan fingerprint density at radius 2 is 1.78 bits per heavy atom. The van der Waals surface area contributed by atoms with E-state index in [4.69, 9.17) is 30.2 Å². The lowest BCUT2D eigenvalue weighted by atomic mass is 10.2. The van der Waals surface area contributed by atoms with E-state index in [1.165, 1.54) is 24.7 Å². The van der Waals surface area contributed by atoms with Crippen molar-refractivity contribution >= 4 is 23.7 Å². The van der Waals surface area contributed by atoms with Gasteiger partial charge in [0, 0.05) is 17.1 Å². The molecule has 4 rings (SSSR count). The maximum atomic E-state index is 12.4. The molecule has 0 atom stereocenters. The quantitative estimate of drug-likeness (QED) is 0.201. The molecule has 0 saturated heterocycles. The number of nitrogens with zero attached hydrogens (tertiary/aromatic N) is 2. The number of aromatic nitrogens is 1. The number of methoxy groups -OCH3 is 1. The summed E-state index contributed by atoms with van der Waals surface area (Å²) in [5, 5.41) is 4.36. The molecule has 0 radical (unpaired) electrons. The number of hydrazone groups is 1. The lowest BCUT2D eigenvalue weighted by Gasteiger charge is -2.11. The topological polar surface area (TPSA) is 87.2 Å². The molecule has 4 aromatic rings. The Kier molecular flexibility index (Phi) is 8.20. The lowest BCUT2D eigenvalue weighted by molar-refractivity contribution is 0.0923. The standard InChI is InChI=1S/C28H28ClN3O5/c1-5-35-26-15-20(14-24(29)27(26)34-4)16-30-31-28(33)25-13-12-23(37-25)17-36-22-10-8-21(9-11-22)32-18(2)6-7-19(32)3/h6-16H,5,17H2,1-4H3,(H,31,33)/b30-16+. The van der Waals surface area contributed by atoms with E-state index in [9.17, 15) is 4.79 Å². The highest BCUT2D eigenvalue weighted by atomic mass is 35.5. The number of ether oxygens (including phenoxy) is 3. The Hall–Kier alpha value is -4.17. The molecule has 0 aliphatic rings. The molecular formula is C28H28ClN3O5. The fraction of sp³-hybridized carbons (Fsp3) is 0.214. The van der Waals surface area contributed by atoms with E-state index in [0.29, 0.717) is 40.2 Å². The number of halogens is 1. The summed E-state index contributed by atoms with van der Waals surface area (Å²) in [6.07, 6.45) is 1.46. The van der Waals surface area contributed by atoms with Crippen LogP contribution in [0.2, 0.25) is 5.02 Å². The largest absolute Gasteiger partial charge is 0.491 e. The van der Waals surface area contributed by atoms with E-state index in [0.717, 1.165) is 5.69 Å². The van der Waals surface area contributed by atoms with Crippen LogP contribution in [0.4, 0.5) is 0 Å². The van der Waals surface area contributed by atoms with Crippen molar-refractivity contribution in [1.29, 1.82) is 0 Å². The van der Waals surface area contributed by atoms with Gasteiger partial charge in [0.15, 0.2) is 17.3 Å². The van der Waals surface area contributed by atoms with E-state index in [-0.39, 0.29) is 12.4 Å². The van der Waals surface area contributed by atoms with Gasteiger partial charge in [-0.25, -0.2) is 5.43 Å². The third-order valence-corrected chi connectivity index (χ3v) is 5.83. The number of hydrogen-bond acceptors (Lipinski definition) is 6. The van der Waals surface area contributed by atoms with Crippen LogP contribution in [0.1, 0.15) is 40.2 Å². The minimum absolute atomic E-state index is 0.118. The number of furan rings is 1. The summed E-state index contributed by atoms with van der Waals surface area (Å²) in [6.45, 7) is 6.63. The van der Waals surface area contributed by atoms with Crippen molar-refractivity contribution in [1.82, 2.24) is 9.99 Å². The Balaban J connectivity index is 1.33. The molecule has 2 aromatic heterocycles. The smallest absolute Gasteiger partial charge is 0.307 e. The first-order valence-corrected chi connectivity index (χ1v) is 12.1. The summed E-state index contributed by atoms with van der Waals surface area (Å²) < 4.78 is 24.4. The zero-order chi connectivity index (χ0) is 26.4. The van der Waals surface area contributed by atoms with Crippen LogP contribution < -0.4 is 19.6 Å². The summed E-state index contributed by atoms with van der Waals surface area (Å²) in [4.78, 5) is 12.4. The molecule has 0 saturated carbocycles. The van der Waals surface area contributed by atoms with Gasteiger partial charge in [0.25, 0.3) is 0 Å². The molecule has 0 unspecified atom stereocenters. The van der Waals surface area contributed by atoms with Crippen LogP contribution in [0.15, 0.2) is 70.2 Å². The van der Waals surface area contributed by atoms with Gasteiger partial charge >= 0.3 is 5.91 Å². The first-order valence-electron chi connectivity index (χ1n) is 11.7. The summed E-state index contributed by atoms with van der Waals surface area (Å²) in [5.41, 5.74) is 6.48. The maximum Gasteiger partial charge on any atom is 0.307 e. The van der Waals surface area contributed by atoms with Gasteiger partial charge in [-0.2, -0.15) is 5.10 Å². The van der Waals surface area contributed by atoms with Gasteiger partial charge in [-0.3, -0.25) is 4.79 Å². The van der Waals surface area contributed by atoms with Crippen LogP contribution in [-0.4, -0.2) is 30.4 Å². The highest BCUT2D eigenvalue weighted by Gasteiger charge is 2.13. The van der Waals surface area contributed by atoms with Gasteiger partial charge in [0.1, 0.15) is 18.1 Å². The maximum absolute atomic E-state index is 12.4. The van der Waals surface area contributed by atoms with Crippen molar-refractivity contribution in [2.24, 2.45) is 5.10 Å². The predicted molar refractivity (Wildman–Crippen MR) is 143 cm³/mol. The molecule has 37 heavy (non-hydrogen) atoms. The molecule has 2 aromatic carbocycles. The zero-order valence-electron chi connectivity index (χ0n) is 21.1. The van der Waals surface area contributed by atoms with Crippen LogP contribution in [0, 0.1) is 13.8 Å². The van der Waals surface area contributed by atoms with Gasteiger partial charge < -0.3 is 23.2 Å². The Labute approximate surface area is 220 Å². The van der Waals surface area contributed by atoms with Gasteiger partial charge in [-0.1, -0.05) is 11.6 Å². The normalized spacial score (nSPS) is 11.1. The van der Waals surface area contributed by atoms with E-state index in [2.05, 4.69) is 41.1 Å². The van der Waals surface area contributed by atoms with Crippen molar-refractivity contribution < 1.29 is 23.4 Å². The second-order valence-electron chi connectivity index (χ2n) is 8.17. The first kappa shape index (κ1) is 25.9. The highest BCUT2D eigenvalue weighted by Crippen LogP contribution is 2.35. The fourth-order valence-corrected chi connectivity index (χ4v) is 4.14. The van der Waals surface area contributed by atoms with Crippen LogP contribution in [0.3, 0.4) is 0 Å². The number of carbonyl (C=O) groups is 1. The zero-order valence-corrected chi connectivity index (χ0v) is 21.8. The van der Waals surface area contributed by atoms with Gasteiger partial charge in [0.05, 0.1) is 25.0 Å². The van der Waals surface area contributed by atoms with E-state index >= 15 is 0 Å². The minimum Gasteiger partial charge on any atom is -0.491 e. The van der Waals surface area contributed by atoms with E-state index < -0.39 is 5.91 Å². The van der Waals surface area contributed by atoms with Crippen molar-refractivity contribution in [2.75, 3.05) is 13.7 Å². The number of hydrogen-bond donors (Lipinski definition) is 1. The van der Waals surface area contributed by atoms with Crippen molar-refractivity contribution in [3.63, 3.8) is 0 Å². The summed E-state index contributed by atoms with van der Waals surface area (Å²) in [6, 6.07) is 18.6. The first-order chi connectivity index (χ1) is 17.9. The number of carbonyl (C=O) groups excluding carboxylic acids is 1. The van der Waals surface area contributed by atoms with Crippen molar-refractivity contribution in [3.8, 4) is 22.9 Å². The summed E-state index contributed by atoms with van der Waals surface area (Å²) >= 11 is 6.25. The second-order valence-corrected chi connectivity index (χ2v) is 8.57. The highest BCUT2D eigenvalue weighted by molar-refractivity contribution is 6.32. The van der Waals surface area contributed by atoms with E-state index in [1.54, 1.807) is 24.3 Å². The molecular weight excluding hydrogens is 494 g/mol. The minimum atomic E-state index is -0.492. The van der Waals surface area contributed by atoms with Gasteiger partial charge in [0.2, 0.25) is 0 Å². The second kappa shape index (κ2) is 11.7. The van der Waals surface area contributed by atoms with Crippen molar-refractivity contribution in [3.05, 3.63) is 94.2 Å². The number of nitrogens with one attached hydrogen (secondary N) is 1. The molecule has 0 fully saturated rings. The molecule has 9 heteroatoms. The molecule has 1 N–H and O–H groups in total. The lowest BCUT2D eigenvalue weighted by Crippen LogP contribution is -2.16.